The lowest BCUT2D eigenvalue weighted by Gasteiger charge is -2.37. The highest BCUT2D eigenvalue weighted by atomic mass is 32.1. The summed E-state index contributed by atoms with van der Waals surface area (Å²) in [6, 6.07) is 7.61. The van der Waals surface area contributed by atoms with Crippen LogP contribution in [0.15, 0.2) is 36.0 Å². The van der Waals surface area contributed by atoms with E-state index in [0.29, 0.717) is 39.3 Å². The average Bonchev–Trinajstić information content (AvgIpc) is 3.45. The molecule has 0 saturated heterocycles. The summed E-state index contributed by atoms with van der Waals surface area (Å²) in [4.78, 5) is 31.0. The van der Waals surface area contributed by atoms with Gasteiger partial charge in [0.15, 0.2) is 22.4 Å². The largest absolute Gasteiger partial charge is 0.382 e. The molecular weight excluding hydrogens is 458 g/mol. The molecule has 0 bridgehead atoms. The van der Waals surface area contributed by atoms with Crippen LogP contribution >= 0.6 is 11.3 Å². The second-order valence-corrected chi connectivity index (χ2v) is 11.3. The molecular formula is C26H31N7OS. The maximum absolute atomic E-state index is 12.8. The topological polar surface area (TPSA) is 112 Å². The summed E-state index contributed by atoms with van der Waals surface area (Å²) in [6.07, 6.45) is 6.42. The Balaban J connectivity index is 1.43. The van der Waals surface area contributed by atoms with Crippen LogP contribution in [0.3, 0.4) is 0 Å². The molecule has 3 heterocycles. The molecule has 1 aliphatic carbocycles. The predicted molar refractivity (Wildman–Crippen MR) is 140 cm³/mol. The van der Waals surface area contributed by atoms with Gasteiger partial charge in [0.1, 0.15) is 5.52 Å². The third-order valence-electron chi connectivity index (χ3n) is 6.99. The van der Waals surface area contributed by atoms with E-state index in [1.807, 2.05) is 30.8 Å². The molecule has 3 N–H and O–H groups in total. The average molecular weight is 490 g/mol. The molecule has 3 aromatic heterocycles. The van der Waals surface area contributed by atoms with Gasteiger partial charge in [0.05, 0.1) is 12.0 Å². The van der Waals surface area contributed by atoms with Gasteiger partial charge in [-0.2, -0.15) is 0 Å². The molecule has 1 saturated carbocycles. The normalized spacial score (nSPS) is 18.6. The first-order valence-electron chi connectivity index (χ1n) is 12.0. The zero-order valence-corrected chi connectivity index (χ0v) is 21.4. The van der Waals surface area contributed by atoms with Crippen LogP contribution in [-0.2, 0) is 0 Å². The number of aromatic nitrogens is 5. The van der Waals surface area contributed by atoms with Crippen LogP contribution in [-0.4, -0.2) is 30.4 Å². The lowest BCUT2D eigenvalue weighted by atomic mass is 9.71. The van der Waals surface area contributed by atoms with E-state index >= 15 is 0 Å². The van der Waals surface area contributed by atoms with Crippen molar-refractivity contribution in [2.45, 2.75) is 59.4 Å². The van der Waals surface area contributed by atoms with Gasteiger partial charge in [-0.25, -0.2) is 19.9 Å². The number of rotatable bonds is 4. The molecule has 0 radical (unpaired) electrons. The first-order valence-corrected chi connectivity index (χ1v) is 12.9. The van der Waals surface area contributed by atoms with E-state index in [9.17, 15) is 4.79 Å². The first-order chi connectivity index (χ1) is 16.7. The summed E-state index contributed by atoms with van der Waals surface area (Å²) in [6.45, 7) is 8.89. The molecule has 1 fully saturated rings. The van der Waals surface area contributed by atoms with Crippen LogP contribution in [0.25, 0.3) is 22.6 Å². The van der Waals surface area contributed by atoms with E-state index in [1.54, 1.807) is 12.1 Å². The summed E-state index contributed by atoms with van der Waals surface area (Å²) in [5, 5.41) is 5.32. The van der Waals surface area contributed by atoms with Gasteiger partial charge < -0.3 is 10.3 Å². The molecule has 5 rings (SSSR count). The highest BCUT2D eigenvalue weighted by molar-refractivity contribution is 7.13. The van der Waals surface area contributed by atoms with Crippen LogP contribution in [0.2, 0.25) is 0 Å². The number of anilines is 2. The fraction of sp³-hybridized carbons (Fsp3) is 0.423. The van der Waals surface area contributed by atoms with E-state index < -0.39 is 0 Å². The monoisotopic (exact) mass is 489 g/mol. The number of aryl methyl sites for hydroxylation is 1. The van der Waals surface area contributed by atoms with Crippen molar-refractivity contribution >= 4 is 39.4 Å². The second-order valence-electron chi connectivity index (χ2n) is 10.5. The molecule has 0 aliphatic heterocycles. The van der Waals surface area contributed by atoms with Gasteiger partial charge in [-0.05, 0) is 56.1 Å². The van der Waals surface area contributed by atoms with Crippen molar-refractivity contribution in [3.63, 3.8) is 0 Å². The number of imidazole rings is 1. The van der Waals surface area contributed by atoms with Crippen LogP contribution in [0, 0.1) is 18.3 Å². The van der Waals surface area contributed by atoms with Crippen molar-refractivity contribution in [3.05, 3.63) is 47.2 Å². The fourth-order valence-corrected chi connectivity index (χ4v) is 5.62. The van der Waals surface area contributed by atoms with Gasteiger partial charge in [-0.15, -0.1) is 11.3 Å². The highest BCUT2D eigenvalue weighted by Crippen LogP contribution is 2.42. The molecule has 0 atom stereocenters. The van der Waals surface area contributed by atoms with Gasteiger partial charge in [0, 0.05) is 22.5 Å². The maximum atomic E-state index is 12.8. The molecule has 8 nitrogen and oxygen atoms in total. The van der Waals surface area contributed by atoms with Gasteiger partial charge in [-0.1, -0.05) is 32.9 Å². The van der Waals surface area contributed by atoms with E-state index in [-0.39, 0.29) is 5.91 Å². The van der Waals surface area contributed by atoms with Crippen LogP contribution in [0.1, 0.15) is 68.5 Å². The maximum Gasteiger partial charge on any atom is 0.257 e. The number of amides is 1. The minimum absolute atomic E-state index is 0.226. The van der Waals surface area contributed by atoms with Crippen LogP contribution < -0.4 is 11.1 Å². The van der Waals surface area contributed by atoms with Crippen molar-refractivity contribution in [1.29, 1.82) is 0 Å². The molecule has 0 unspecified atom stereocenters. The Kier molecular flexibility index (Phi) is 6.04. The Morgan fingerprint density at radius 1 is 1.14 bits per heavy atom. The molecule has 4 aromatic rings. The van der Waals surface area contributed by atoms with Gasteiger partial charge in [-0.3, -0.25) is 10.1 Å². The minimum atomic E-state index is -0.226. The number of nitrogen functional groups attached to an aromatic ring is 1. The molecule has 9 heteroatoms. The summed E-state index contributed by atoms with van der Waals surface area (Å²) in [5.74, 6) is 1.34. The Morgan fingerprint density at radius 3 is 2.60 bits per heavy atom. The molecule has 35 heavy (non-hydrogen) atoms. The Hall–Kier alpha value is -3.33. The van der Waals surface area contributed by atoms with E-state index in [0.717, 1.165) is 35.7 Å². The molecule has 0 spiro atoms. The number of fused-ring (bicyclic) bond motifs is 1. The minimum Gasteiger partial charge on any atom is -0.382 e. The Labute approximate surface area is 209 Å². The lowest BCUT2D eigenvalue weighted by Crippen LogP contribution is -2.27. The number of nitrogens with zero attached hydrogens (tertiary/aromatic N) is 5. The van der Waals surface area contributed by atoms with Crippen molar-refractivity contribution in [1.82, 2.24) is 24.5 Å². The number of carbonyl (C=O) groups excluding carboxylic acids is 1. The number of thiazole rings is 1. The number of nitrogens with two attached hydrogens (primary N) is 1. The van der Waals surface area contributed by atoms with Crippen molar-refractivity contribution in [2.75, 3.05) is 11.1 Å². The summed E-state index contributed by atoms with van der Waals surface area (Å²) in [5.41, 5.74) is 10.1. The van der Waals surface area contributed by atoms with Crippen molar-refractivity contribution in [2.24, 2.45) is 11.3 Å². The zero-order valence-electron chi connectivity index (χ0n) is 20.6. The number of nitrogens with one attached hydrogen (secondary N) is 1. The fourth-order valence-electron chi connectivity index (χ4n) is 4.93. The summed E-state index contributed by atoms with van der Waals surface area (Å²) < 4.78 is 2.16. The molecule has 182 valence electrons. The molecule has 1 amide bonds. The standard InChI is InChI=1S/C26H31N7OS/c1-15-13-35-25(29-15)32-24(34)17-7-5-6-16(12-17)22-30-21(27)20-23(31-22)33(14-28-20)19-10-8-18(9-11-19)26(2,3)4/h5-7,12-14,18-19H,8-11H2,1-4H3,(H2,27,30,31)(H,29,32,34). The number of carbonyl (C=O) groups is 1. The summed E-state index contributed by atoms with van der Waals surface area (Å²) >= 11 is 1.40. The molecule has 1 aromatic carbocycles. The number of hydrogen-bond acceptors (Lipinski definition) is 7. The van der Waals surface area contributed by atoms with Crippen LogP contribution in [0.4, 0.5) is 10.9 Å². The van der Waals surface area contributed by atoms with Crippen molar-refractivity contribution in [3.8, 4) is 11.4 Å². The SMILES string of the molecule is Cc1csc(NC(=O)c2cccc(-c3nc(N)c4ncn(C5CCC(C(C)(C)C)CC5)c4n3)c2)n1. The van der Waals surface area contributed by atoms with Gasteiger partial charge in [0.2, 0.25) is 0 Å². The molecule has 1 aliphatic rings. The van der Waals surface area contributed by atoms with Gasteiger partial charge in [0.25, 0.3) is 5.91 Å². The van der Waals surface area contributed by atoms with Gasteiger partial charge >= 0.3 is 0 Å². The number of hydrogen-bond donors (Lipinski definition) is 2. The van der Waals surface area contributed by atoms with Crippen molar-refractivity contribution < 1.29 is 4.79 Å². The number of benzene rings is 1. The summed E-state index contributed by atoms with van der Waals surface area (Å²) in [7, 11) is 0. The third kappa shape index (κ3) is 4.77. The smallest absolute Gasteiger partial charge is 0.257 e. The highest BCUT2D eigenvalue weighted by Gasteiger charge is 2.31. The lowest BCUT2D eigenvalue weighted by molar-refractivity contribution is 0.102. The first kappa shape index (κ1) is 23.4. The van der Waals surface area contributed by atoms with E-state index in [1.165, 1.54) is 24.2 Å². The van der Waals surface area contributed by atoms with E-state index in [2.05, 4.69) is 45.6 Å². The second kappa shape index (κ2) is 9.03. The Bertz CT molecular complexity index is 1380. The van der Waals surface area contributed by atoms with E-state index in [4.69, 9.17) is 10.7 Å². The third-order valence-corrected chi connectivity index (χ3v) is 7.86. The van der Waals surface area contributed by atoms with Crippen LogP contribution in [0.5, 0.6) is 0 Å². The quantitative estimate of drug-likeness (QED) is 0.371. The zero-order chi connectivity index (χ0) is 24.7. The Morgan fingerprint density at radius 2 is 1.91 bits per heavy atom. The predicted octanol–water partition coefficient (Wildman–Crippen LogP) is 5.87.